The van der Waals surface area contributed by atoms with Gasteiger partial charge in [0.2, 0.25) is 5.91 Å². The number of nitrogens with zero attached hydrogens (tertiary/aromatic N) is 1. The molecule has 0 unspecified atom stereocenters. The summed E-state index contributed by atoms with van der Waals surface area (Å²) in [6, 6.07) is 0. The van der Waals surface area contributed by atoms with E-state index in [1.54, 1.807) is 4.90 Å². The molecular formula is C9H17NO. The number of carbonyl (C=O) groups is 1. The van der Waals surface area contributed by atoms with E-state index < -0.39 is 0 Å². The molecule has 1 aliphatic heterocycles. The van der Waals surface area contributed by atoms with Gasteiger partial charge in [-0.25, -0.2) is 0 Å². The molecule has 0 aromatic heterocycles. The zero-order chi connectivity index (χ0) is 8.69. The van der Waals surface area contributed by atoms with Crippen LogP contribution in [0.15, 0.2) is 12.2 Å². The molecule has 11 heavy (non-hydrogen) atoms. The smallest absolute Gasteiger partial charge is 0.226 e. The zero-order valence-electron chi connectivity index (χ0n) is 7.63. The Hall–Kier alpha value is -0.790. The minimum absolute atomic E-state index is 0.226. The second-order valence-electron chi connectivity index (χ2n) is 2.28. The van der Waals surface area contributed by atoms with Crippen molar-refractivity contribution in [1.82, 2.24) is 4.90 Å². The maximum atomic E-state index is 10.9. The van der Waals surface area contributed by atoms with Gasteiger partial charge in [0.05, 0.1) is 0 Å². The van der Waals surface area contributed by atoms with Crippen LogP contribution in [-0.4, -0.2) is 24.4 Å². The Morgan fingerprint density at radius 3 is 2.64 bits per heavy atom. The molecule has 0 bridgehead atoms. The largest absolute Gasteiger partial charge is 0.345 e. The number of carbonyl (C=O) groups excluding carboxylic acids is 1. The molecule has 1 amide bonds. The summed E-state index contributed by atoms with van der Waals surface area (Å²) >= 11 is 0. The van der Waals surface area contributed by atoms with E-state index in [2.05, 4.69) is 6.08 Å². The third kappa shape index (κ3) is 3.81. The number of hydrogen-bond acceptors (Lipinski definition) is 1. The van der Waals surface area contributed by atoms with Crippen LogP contribution in [0, 0.1) is 0 Å². The van der Waals surface area contributed by atoms with Gasteiger partial charge in [-0.2, -0.15) is 0 Å². The molecule has 0 N–H and O–H groups in total. The second-order valence-corrected chi connectivity index (χ2v) is 2.28. The van der Waals surface area contributed by atoms with Gasteiger partial charge in [-0.15, -0.1) is 0 Å². The summed E-state index contributed by atoms with van der Waals surface area (Å²) in [7, 11) is 1.84. The molecule has 0 saturated heterocycles. The van der Waals surface area contributed by atoms with Crippen LogP contribution in [0.2, 0.25) is 0 Å². The molecule has 0 aromatic carbocycles. The molecule has 2 heteroatoms. The fraction of sp³-hybridized carbons (Fsp3) is 0.667. The van der Waals surface area contributed by atoms with E-state index in [1.165, 1.54) is 0 Å². The van der Waals surface area contributed by atoms with Crippen LogP contribution >= 0.6 is 0 Å². The van der Waals surface area contributed by atoms with Crippen LogP contribution in [0.3, 0.4) is 0 Å². The average Bonchev–Trinajstić information content (AvgIpc) is 2.22. The summed E-state index contributed by atoms with van der Waals surface area (Å²) in [5.74, 6) is 0.226. The van der Waals surface area contributed by atoms with Crippen molar-refractivity contribution in [2.24, 2.45) is 0 Å². The highest BCUT2D eigenvalue weighted by Gasteiger charge is 2.06. The molecule has 0 saturated carbocycles. The maximum absolute atomic E-state index is 10.9. The number of hydrogen-bond donors (Lipinski definition) is 0. The second kappa shape index (κ2) is 5.96. The van der Waals surface area contributed by atoms with E-state index in [9.17, 15) is 4.79 Å². The third-order valence-corrected chi connectivity index (χ3v) is 1.52. The molecule has 0 spiro atoms. The molecule has 1 heterocycles. The summed E-state index contributed by atoms with van der Waals surface area (Å²) in [4.78, 5) is 12.7. The lowest BCUT2D eigenvalue weighted by Gasteiger charge is -2.12. The van der Waals surface area contributed by atoms with Crippen LogP contribution in [0.25, 0.3) is 0 Å². The summed E-state index contributed by atoms with van der Waals surface area (Å²) in [5.41, 5.74) is 0. The van der Waals surface area contributed by atoms with Gasteiger partial charge in [0.1, 0.15) is 0 Å². The van der Waals surface area contributed by atoms with E-state index in [4.69, 9.17) is 0 Å². The standard InChI is InChI=1S/C7H11NO.C2H6/c1-8-6-4-2-3-5-7(8)9;1-2/h2-3H,4-6H2,1H3;1-2H3. The van der Waals surface area contributed by atoms with Crippen LogP contribution in [0.1, 0.15) is 26.7 Å². The number of amides is 1. The Morgan fingerprint density at radius 1 is 1.36 bits per heavy atom. The minimum Gasteiger partial charge on any atom is -0.345 e. The monoisotopic (exact) mass is 155 g/mol. The first kappa shape index (κ1) is 10.2. The Morgan fingerprint density at radius 2 is 2.00 bits per heavy atom. The van der Waals surface area contributed by atoms with Crippen molar-refractivity contribution in [3.63, 3.8) is 0 Å². The summed E-state index contributed by atoms with van der Waals surface area (Å²) in [6.45, 7) is 4.87. The fourth-order valence-corrected chi connectivity index (χ4v) is 0.851. The summed E-state index contributed by atoms with van der Waals surface area (Å²) in [6.07, 6.45) is 5.58. The molecule has 0 aromatic rings. The lowest BCUT2D eigenvalue weighted by Crippen LogP contribution is -2.25. The SMILES string of the molecule is CC.CN1CCC=CCC1=O. The van der Waals surface area contributed by atoms with Crippen molar-refractivity contribution in [3.05, 3.63) is 12.2 Å². The average molecular weight is 155 g/mol. The van der Waals surface area contributed by atoms with Gasteiger partial charge in [0.25, 0.3) is 0 Å². The van der Waals surface area contributed by atoms with Gasteiger partial charge in [-0.1, -0.05) is 26.0 Å². The highest BCUT2D eigenvalue weighted by molar-refractivity contribution is 5.77. The lowest BCUT2D eigenvalue weighted by atomic mass is 10.3. The van der Waals surface area contributed by atoms with E-state index in [0.717, 1.165) is 13.0 Å². The van der Waals surface area contributed by atoms with E-state index in [0.29, 0.717) is 6.42 Å². The zero-order valence-corrected chi connectivity index (χ0v) is 7.63. The normalized spacial score (nSPS) is 17.0. The summed E-state index contributed by atoms with van der Waals surface area (Å²) in [5, 5.41) is 0. The maximum Gasteiger partial charge on any atom is 0.226 e. The Kier molecular flexibility index (Phi) is 5.53. The van der Waals surface area contributed by atoms with Gasteiger partial charge < -0.3 is 4.90 Å². The van der Waals surface area contributed by atoms with Crippen LogP contribution < -0.4 is 0 Å². The first-order valence-electron chi connectivity index (χ1n) is 4.19. The van der Waals surface area contributed by atoms with E-state index in [-0.39, 0.29) is 5.91 Å². The van der Waals surface area contributed by atoms with Crippen molar-refractivity contribution >= 4 is 5.91 Å². The predicted octanol–water partition coefficient (Wildman–Crippen LogP) is 1.82. The Balaban J connectivity index is 0.000000461. The van der Waals surface area contributed by atoms with Crippen molar-refractivity contribution in [1.29, 1.82) is 0 Å². The molecule has 1 aliphatic rings. The molecule has 1 rings (SSSR count). The van der Waals surface area contributed by atoms with Crippen LogP contribution in [0.5, 0.6) is 0 Å². The van der Waals surface area contributed by atoms with E-state index >= 15 is 0 Å². The highest BCUT2D eigenvalue weighted by atomic mass is 16.2. The van der Waals surface area contributed by atoms with Crippen LogP contribution in [-0.2, 0) is 4.79 Å². The van der Waals surface area contributed by atoms with Gasteiger partial charge in [-0.3, -0.25) is 4.79 Å². The minimum atomic E-state index is 0.226. The lowest BCUT2D eigenvalue weighted by molar-refractivity contribution is -0.128. The Labute approximate surface area is 68.9 Å². The molecule has 64 valence electrons. The molecular weight excluding hydrogens is 138 g/mol. The Bertz CT molecular complexity index is 140. The first-order chi connectivity index (χ1) is 5.30. The van der Waals surface area contributed by atoms with Gasteiger partial charge in [0.15, 0.2) is 0 Å². The third-order valence-electron chi connectivity index (χ3n) is 1.52. The number of rotatable bonds is 0. The predicted molar refractivity (Wildman–Crippen MR) is 47.4 cm³/mol. The van der Waals surface area contributed by atoms with Crippen LogP contribution in [0.4, 0.5) is 0 Å². The van der Waals surface area contributed by atoms with Crippen molar-refractivity contribution in [2.75, 3.05) is 13.6 Å². The van der Waals surface area contributed by atoms with E-state index in [1.807, 2.05) is 27.0 Å². The molecule has 0 fully saturated rings. The first-order valence-corrected chi connectivity index (χ1v) is 4.19. The molecule has 0 aliphatic carbocycles. The molecule has 0 atom stereocenters. The topological polar surface area (TPSA) is 20.3 Å². The van der Waals surface area contributed by atoms with Crippen molar-refractivity contribution < 1.29 is 4.79 Å². The van der Waals surface area contributed by atoms with Gasteiger partial charge in [-0.05, 0) is 6.42 Å². The summed E-state index contributed by atoms with van der Waals surface area (Å²) < 4.78 is 0. The quantitative estimate of drug-likeness (QED) is 0.489. The molecule has 2 nitrogen and oxygen atoms in total. The van der Waals surface area contributed by atoms with Gasteiger partial charge >= 0.3 is 0 Å². The fourth-order valence-electron chi connectivity index (χ4n) is 0.851. The van der Waals surface area contributed by atoms with Crippen molar-refractivity contribution in [3.8, 4) is 0 Å². The molecule has 0 radical (unpaired) electrons. The van der Waals surface area contributed by atoms with Gasteiger partial charge in [0, 0.05) is 20.0 Å². The highest BCUT2D eigenvalue weighted by Crippen LogP contribution is 2.00. The van der Waals surface area contributed by atoms with Crippen molar-refractivity contribution in [2.45, 2.75) is 26.7 Å².